The maximum atomic E-state index is 9.00. The number of hydrogen-bond acceptors (Lipinski definition) is 3. The molecule has 3 nitrogen and oxygen atoms in total. The molecule has 3 heteroatoms. The summed E-state index contributed by atoms with van der Waals surface area (Å²) in [5.74, 6) is 0. The number of rotatable bonds is 9. The fourth-order valence-electron chi connectivity index (χ4n) is 1.68. The van der Waals surface area contributed by atoms with E-state index >= 15 is 0 Å². The van der Waals surface area contributed by atoms with Crippen molar-refractivity contribution in [3.8, 4) is 6.07 Å². The summed E-state index contributed by atoms with van der Waals surface area (Å²) in [5.41, 5.74) is -0.357. The predicted octanol–water partition coefficient (Wildman–Crippen LogP) is 2.39. The molecule has 0 rings (SSSR count). The van der Waals surface area contributed by atoms with E-state index < -0.39 is 0 Å². The van der Waals surface area contributed by atoms with Gasteiger partial charge in [-0.25, -0.2) is 0 Å². The van der Waals surface area contributed by atoms with Crippen molar-refractivity contribution in [3.05, 3.63) is 0 Å². The first-order chi connectivity index (χ1) is 7.58. The normalized spacial score (nSPS) is 14.8. The minimum atomic E-state index is -0.357. The average molecular weight is 225 g/mol. The molecule has 0 aromatic heterocycles. The van der Waals surface area contributed by atoms with Gasteiger partial charge in [-0.1, -0.05) is 19.8 Å². The van der Waals surface area contributed by atoms with Gasteiger partial charge < -0.3 is 10.2 Å². The molecule has 0 aliphatic carbocycles. The van der Waals surface area contributed by atoms with Crippen LogP contribution >= 0.6 is 0 Å². The van der Waals surface area contributed by atoms with E-state index in [9.17, 15) is 0 Å². The van der Waals surface area contributed by atoms with Crippen LogP contribution in [0.25, 0.3) is 0 Å². The molecule has 0 radical (unpaired) electrons. The van der Waals surface area contributed by atoms with Crippen molar-refractivity contribution >= 4 is 0 Å². The Kier molecular flexibility index (Phi) is 8.23. The zero-order chi connectivity index (χ0) is 12.4. The lowest BCUT2D eigenvalue weighted by Crippen LogP contribution is -2.38. The second-order valence-electron chi connectivity index (χ2n) is 4.81. The van der Waals surface area contributed by atoms with Gasteiger partial charge in [0.15, 0.2) is 0 Å². The number of unbranched alkanes of at least 4 members (excludes halogenated alkanes) is 2. The Bertz CT molecular complexity index is 210. The van der Waals surface area contributed by atoms with E-state index in [1.165, 1.54) is 25.8 Å². The van der Waals surface area contributed by atoms with Crippen molar-refractivity contribution in [2.24, 2.45) is 0 Å². The summed E-state index contributed by atoms with van der Waals surface area (Å²) in [6.07, 6.45) is 5.87. The Morgan fingerprint density at radius 3 is 2.38 bits per heavy atom. The number of nitriles is 1. The number of nitrogens with one attached hydrogen (secondary N) is 1. The summed E-state index contributed by atoms with van der Waals surface area (Å²) in [4.78, 5) is 2.36. The molecule has 0 aliphatic heterocycles. The van der Waals surface area contributed by atoms with Gasteiger partial charge in [0, 0.05) is 0 Å². The molecule has 1 N–H and O–H groups in total. The maximum absolute atomic E-state index is 9.00. The first-order valence-electron chi connectivity index (χ1n) is 6.36. The average Bonchev–Trinajstić information content (AvgIpc) is 2.29. The second kappa shape index (κ2) is 8.55. The van der Waals surface area contributed by atoms with Gasteiger partial charge >= 0.3 is 0 Å². The summed E-state index contributed by atoms with van der Waals surface area (Å²) < 4.78 is 0. The first-order valence-corrected chi connectivity index (χ1v) is 6.36. The molecule has 0 amide bonds. The van der Waals surface area contributed by atoms with Crippen LogP contribution in [0.15, 0.2) is 0 Å². The standard InChI is InChI=1S/C13H27N3/c1-5-6-7-10-16(4)11-8-9-13(2,12-14)15-3/h15H,5-11H2,1-4H3. The first kappa shape index (κ1) is 15.4. The van der Waals surface area contributed by atoms with Crippen LogP contribution in [0, 0.1) is 11.3 Å². The van der Waals surface area contributed by atoms with E-state index in [2.05, 4.69) is 30.3 Å². The molecule has 0 aliphatic rings. The van der Waals surface area contributed by atoms with Gasteiger partial charge in [-0.3, -0.25) is 0 Å². The summed E-state index contributed by atoms with van der Waals surface area (Å²) in [6.45, 7) is 6.45. The molecule has 0 saturated heterocycles. The summed E-state index contributed by atoms with van der Waals surface area (Å²) in [5, 5.41) is 12.1. The summed E-state index contributed by atoms with van der Waals surface area (Å²) in [7, 11) is 4.02. The molecule has 0 aromatic rings. The molecule has 0 fully saturated rings. The van der Waals surface area contributed by atoms with Gasteiger partial charge in [-0.2, -0.15) is 5.26 Å². The van der Waals surface area contributed by atoms with Crippen LogP contribution in [0.4, 0.5) is 0 Å². The lowest BCUT2D eigenvalue weighted by atomic mass is 9.98. The third kappa shape index (κ3) is 6.81. The Balaban J connectivity index is 3.61. The Hall–Kier alpha value is -0.590. The quantitative estimate of drug-likeness (QED) is 0.612. The summed E-state index contributed by atoms with van der Waals surface area (Å²) >= 11 is 0. The molecular weight excluding hydrogens is 198 g/mol. The fourth-order valence-corrected chi connectivity index (χ4v) is 1.68. The van der Waals surface area contributed by atoms with Crippen molar-refractivity contribution in [2.75, 3.05) is 27.2 Å². The van der Waals surface area contributed by atoms with Crippen LogP contribution in [-0.2, 0) is 0 Å². The minimum absolute atomic E-state index is 0.357. The Labute approximate surface area is 101 Å². The fraction of sp³-hybridized carbons (Fsp3) is 0.923. The highest BCUT2D eigenvalue weighted by Crippen LogP contribution is 2.10. The van der Waals surface area contributed by atoms with Crippen LogP contribution in [0.1, 0.15) is 46.0 Å². The van der Waals surface area contributed by atoms with Crippen LogP contribution in [0.2, 0.25) is 0 Å². The predicted molar refractivity (Wildman–Crippen MR) is 69.3 cm³/mol. The third-order valence-corrected chi connectivity index (χ3v) is 3.16. The highest BCUT2D eigenvalue weighted by molar-refractivity contribution is 5.02. The SMILES string of the molecule is CCCCCN(C)CCCC(C)(C#N)NC. The van der Waals surface area contributed by atoms with Gasteiger partial charge in [0.2, 0.25) is 0 Å². The van der Waals surface area contributed by atoms with Crippen molar-refractivity contribution in [2.45, 2.75) is 51.5 Å². The van der Waals surface area contributed by atoms with Gasteiger partial charge in [0.25, 0.3) is 0 Å². The lowest BCUT2D eigenvalue weighted by molar-refractivity contribution is 0.302. The zero-order valence-corrected chi connectivity index (χ0v) is 11.3. The molecule has 0 spiro atoms. The Morgan fingerprint density at radius 2 is 1.88 bits per heavy atom. The topological polar surface area (TPSA) is 39.1 Å². The van der Waals surface area contributed by atoms with E-state index in [1.54, 1.807) is 0 Å². The largest absolute Gasteiger partial charge is 0.306 e. The highest BCUT2D eigenvalue weighted by Gasteiger charge is 2.20. The van der Waals surface area contributed by atoms with Gasteiger partial charge in [-0.15, -0.1) is 0 Å². The van der Waals surface area contributed by atoms with Gasteiger partial charge in [-0.05, 0) is 53.4 Å². The van der Waals surface area contributed by atoms with Crippen LogP contribution in [0.5, 0.6) is 0 Å². The van der Waals surface area contributed by atoms with E-state index in [0.29, 0.717) is 0 Å². The molecule has 0 saturated carbocycles. The highest BCUT2D eigenvalue weighted by atomic mass is 15.1. The van der Waals surface area contributed by atoms with Crippen LogP contribution in [-0.4, -0.2) is 37.6 Å². The van der Waals surface area contributed by atoms with Crippen molar-refractivity contribution in [3.63, 3.8) is 0 Å². The van der Waals surface area contributed by atoms with Crippen molar-refractivity contribution in [1.82, 2.24) is 10.2 Å². The molecule has 0 heterocycles. The minimum Gasteiger partial charge on any atom is -0.306 e. The molecule has 16 heavy (non-hydrogen) atoms. The van der Waals surface area contributed by atoms with Crippen molar-refractivity contribution in [1.29, 1.82) is 5.26 Å². The maximum Gasteiger partial charge on any atom is 0.103 e. The number of hydrogen-bond donors (Lipinski definition) is 1. The van der Waals surface area contributed by atoms with E-state index in [0.717, 1.165) is 19.4 Å². The molecule has 0 bridgehead atoms. The van der Waals surface area contributed by atoms with E-state index in [1.807, 2.05) is 14.0 Å². The monoisotopic (exact) mass is 225 g/mol. The lowest BCUT2D eigenvalue weighted by Gasteiger charge is -2.22. The molecule has 1 unspecified atom stereocenters. The Morgan fingerprint density at radius 1 is 1.25 bits per heavy atom. The third-order valence-electron chi connectivity index (χ3n) is 3.16. The van der Waals surface area contributed by atoms with E-state index in [4.69, 9.17) is 5.26 Å². The van der Waals surface area contributed by atoms with Crippen LogP contribution in [0.3, 0.4) is 0 Å². The molecular formula is C13H27N3. The molecule has 94 valence electrons. The second-order valence-corrected chi connectivity index (χ2v) is 4.81. The molecule has 1 atom stereocenters. The number of nitrogens with zero attached hydrogens (tertiary/aromatic N) is 2. The van der Waals surface area contributed by atoms with E-state index in [-0.39, 0.29) is 5.54 Å². The van der Waals surface area contributed by atoms with Crippen molar-refractivity contribution < 1.29 is 0 Å². The zero-order valence-electron chi connectivity index (χ0n) is 11.3. The van der Waals surface area contributed by atoms with Crippen LogP contribution < -0.4 is 5.32 Å². The van der Waals surface area contributed by atoms with Gasteiger partial charge in [0.1, 0.15) is 5.54 Å². The summed E-state index contributed by atoms with van der Waals surface area (Å²) in [6, 6.07) is 2.32. The molecule has 0 aromatic carbocycles. The van der Waals surface area contributed by atoms with Gasteiger partial charge in [0.05, 0.1) is 6.07 Å². The smallest absolute Gasteiger partial charge is 0.103 e.